The monoisotopic (exact) mass is 308 g/mol. The Bertz CT molecular complexity index is 801. The zero-order chi connectivity index (χ0) is 16.0. The molecule has 1 amide bonds. The number of aromatic amines is 1. The van der Waals surface area contributed by atoms with E-state index in [-0.39, 0.29) is 11.4 Å². The van der Waals surface area contributed by atoms with E-state index in [2.05, 4.69) is 48.0 Å². The number of nitrogens with zero attached hydrogens (tertiary/aromatic N) is 1. The summed E-state index contributed by atoms with van der Waals surface area (Å²) in [6, 6.07) is 8.53. The van der Waals surface area contributed by atoms with Gasteiger partial charge in [-0.1, -0.05) is 31.5 Å². The highest BCUT2D eigenvalue weighted by atomic mass is 16.2. The maximum atomic E-state index is 12.6. The van der Waals surface area contributed by atoms with Gasteiger partial charge in [0.15, 0.2) is 0 Å². The first kappa shape index (κ1) is 14.6. The van der Waals surface area contributed by atoms with Crippen LogP contribution in [0.3, 0.4) is 0 Å². The smallest absolute Gasteiger partial charge is 0.247 e. The summed E-state index contributed by atoms with van der Waals surface area (Å²) in [7, 11) is 0. The van der Waals surface area contributed by atoms with E-state index >= 15 is 0 Å². The predicted molar refractivity (Wildman–Crippen MR) is 93.3 cm³/mol. The quantitative estimate of drug-likeness (QED) is 0.902. The normalized spacial score (nSPS) is 23.7. The number of carbonyl (C=O) groups excluding carboxylic acids is 1. The number of rotatable bonds is 3. The molecule has 1 aliphatic heterocycles. The van der Waals surface area contributed by atoms with Gasteiger partial charge in [0.25, 0.3) is 0 Å². The van der Waals surface area contributed by atoms with Gasteiger partial charge in [-0.2, -0.15) is 0 Å². The van der Waals surface area contributed by atoms with Crippen molar-refractivity contribution in [2.24, 2.45) is 0 Å². The number of hydrogen-bond acceptors (Lipinski definition) is 1. The fourth-order valence-electron chi connectivity index (χ4n) is 4.52. The van der Waals surface area contributed by atoms with Crippen molar-refractivity contribution >= 4 is 16.8 Å². The van der Waals surface area contributed by atoms with Crippen LogP contribution < -0.4 is 0 Å². The van der Waals surface area contributed by atoms with Gasteiger partial charge in [0, 0.05) is 29.2 Å². The number of unbranched alkanes of at least 4 members (excludes halogenated alkanes) is 1. The van der Waals surface area contributed by atoms with E-state index in [1.165, 1.54) is 27.7 Å². The first-order chi connectivity index (χ1) is 11.2. The molecule has 2 heterocycles. The van der Waals surface area contributed by atoms with Crippen molar-refractivity contribution in [1.29, 1.82) is 0 Å². The zero-order valence-corrected chi connectivity index (χ0v) is 14.0. The molecule has 1 aliphatic carbocycles. The van der Waals surface area contributed by atoms with Crippen LogP contribution in [0.15, 0.2) is 35.9 Å². The number of benzene rings is 1. The van der Waals surface area contributed by atoms with Gasteiger partial charge in [0.2, 0.25) is 5.91 Å². The third-order valence-corrected chi connectivity index (χ3v) is 5.65. The Morgan fingerprint density at radius 3 is 2.96 bits per heavy atom. The van der Waals surface area contributed by atoms with Crippen molar-refractivity contribution in [2.45, 2.75) is 51.5 Å². The summed E-state index contributed by atoms with van der Waals surface area (Å²) in [5, 5.41) is 1.32. The summed E-state index contributed by atoms with van der Waals surface area (Å²) in [6.45, 7) is 5.16. The molecule has 23 heavy (non-hydrogen) atoms. The number of carbonyl (C=O) groups is 1. The van der Waals surface area contributed by atoms with Crippen LogP contribution in [0.25, 0.3) is 10.9 Å². The molecule has 1 atom stereocenters. The van der Waals surface area contributed by atoms with Crippen LogP contribution in [-0.2, 0) is 16.8 Å². The zero-order valence-electron chi connectivity index (χ0n) is 14.0. The molecular weight excluding hydrogens is 284 g/mol. The van der Waals surface area contributed by atoms with Crippen LogP contribution in [0.4, 0.5) is 0 Å². The van der Waals surface area contributed by atoms with Gasteiger partial charge in [-0.3, -0.25) is 4.79 Å². The summed E-state index contributed by atoms with van der Waals surface area (Å²) in [5.41, 5.74) is 4.84. The fourth-order valence-corrected chi connectivity index (χ4v) is 4.52. The van der Waals surface area contributed by atoms with E-state index in [1.807, 2.05) is 6.08 Å². The van der Waals surface area contributed by atoms with Crippen LogP contribution in [0.5, 0.6) is 0 Å². The molecule has 3 heteroatoms. The van der Waals surface area contributed by atoms with Crippen molar-refractivity contribution in [2.75, 3.05) is 6.54 Å². The molecule has 0 unspecified atom stereocenters. The lowest BCUT2D eigenvalue weighted by atomic mass is 9.76. The van der Waals surface area contributed by atoms with E-state index in [0.717, 1.165) is 38.6 Å². The summed E-state index contributed by atoms with van der Waals surface area (Å²) in [5.74, 6) is 0.183. The highest BCUT2D eigenvalue weighted by Gasteiger charge is 2.50. The molecule has 0 saturated carbocycles. The number of aryl methyl sites for hydroxylation is 1. The van der Waals surface area contributed by atoms with Crippen molar-refractivity contribution in [3.63, 3.8) is 0 Å². The Morgan fingerprint density at radius 2 is 2.13 bits per heavy atom. The third-order valence-electron chi connectivity index (χ3n) is 5.65. The Morgan fingerprint density at radius 1 is 1.30 bits per heavy atom. The molecule has 3 nitrogen and oxygen atoms in total. The number of H-pyrrole nitrogens is 1. The van der Waals surface area contributed by atoms with Gasteiger partial charge in [-0.05, 0) is 49.8 Å². The molecule has 4 rings (SSSR count). The SMILES string of the molecule is CCCCN1C(=O)C=C(C)[C@@]12CCCc1c2[nH]c2ccccc12. The average Bonchev–Trinajstić information content (AvgIpc) is 3.04. The second-order valence-corrected chi connectivity index (χ2v) is 6.91. The highest BCUT2D eigenvalue weighted by Crippen LogP contribution is 2.49. The number of nitrogens with one attached hydrogen (secondary N) is 1. The Labute approximate surface area is 137 Å². The molecule has 1 spiro atoms. The number of fused-ring (bicyclic) bond motifs is 4. The van der Waals surface area contributed by atoms with Crippen LogP contribution in [0, 0.1) is 0 Å². The van der Waals surface area contributed by atoms with E-state index in [1.54, 1.807) is 0 Å². The number of para-hydroxylation sites is 1. The Balaban J connectivity index is 1.91. The van der Waals surface area contributed by atoms with Gasteiger partial charge >= 0.3 is 0 Å². The molecule has 0 bridgehead atoms. The van der Waals surface area contributed by atoms with Gasteiger partial charge in [0.05, 0.1) is 0 Å². The van der Waals surface area contributed by atoms with Gasteiger partial charge in [0.1, 0.15) is 5.54 Å². The second kappa shape index (κ2) is 5.26. The molecule has 1 N–H and O–H groups in total. The predicted octanol–water partition coefficient (Wildman–Crippen LogP) is 4.29. The molecule has 0 fully saturated rings. The molecule has 2 aliphatic rings. The van der Waals surface area contributed by atoms with E-state index in [0.29, 0.717) is 0 Å². The first-order valence-electron chi connectivity index (χ1n) is 8.79. The minimum atomic E-state index is -0.237. The maximum Gasteiger partial charge on any atom is 0.247 e. The average molecular weight is 308 g/mol. The summed E-state index contributed by atoms with van der Waals surface area (Å²) in [4.78, 5) is 18.4. The van der Waals surface area contributed by atoms with Crippen molar-refractivity contribution in [3.8, 4) is 0 Å². The van der Waals surface area contributed by atoms with Gasteiger partial charge < -0.3 is 9.88 Å². The Hall–Kier alpha value is -2.03. The molecular formula is C20H24N2O. The van der Waals surface area contributed by atoms with Gasteiger partial charge in [-0.25, -0.2) is 0 Å². The van der Waals surface area contributed by atoms with Gasteiger partial charge in [-0.15, -0.1) is 0 Å². The van der Waals surface area contributed by atoms with E-state index in [4.69, 9.17) is 0 Å². The highest BCUT2D eigenvalue weighted by molar-refractivity contribution is 5.94. The maximum absolute atomic E-state index is 12.6. The largest absolute Gasteiger partial charge is 0.356 e. The van der Waals surface area contributed by atoms with E-state index in [9.17, 15) is 4.79 Å². The lowest BCUT2D eigenvalue weighted by molar-refractivity contribution is -0.129. The van der Waals surface area contributed by atoms with Crippen LogP contribution in [-0.4, -0.2) is 22.3 Å². The van der Waals surface area contributed by atoms with Crippen LogP contribution >= 0.6 is 0 Å². The van der Waals surface area contributed by atoms with Crippen molar-refractivity contribution in [1.82, 2.24) is 9.88 Å². The summed E-state index contributed by atoms with van der Waals surface area (Å²) >= 11 is 0. The minimum absolute atomic E-state index is 0.183. The number of amides is 1. The van der Waals surface area contributed by atoms with Crippen molar-refractivity contribution in [3.05, 3.63) is 47.2 Å². The fraction of sp³-hybridized carbons (Fsp3) is 0.450. The summed E-state index contributed by atoms with van der Waals surface area (Å²) in [6.07, 6.45) is 7.30. The molecule has 0 saturated heterocycles. The molecule has 120 valence electrons. The second-order valence-electron chi connectivity index (χ2n) is 6.91. The van der Waals surface area contributed by atoms with E-state index < -0.39 is 0 Å². The lowest BCUT2D eigenvalue weighted by Gasteiger charge is -2.43. The van der Waals surface area contributed by atoms with Crippen molar-refractivity contribution < 1.29 is 4.79 Å². The molecule has 1 aromatic carbocycles. The molecule has 2 aromatic rings. The molecule has 0 radical (unpaired) electrons. The number of hydrogen-bond donors (Lipinski definition) is 1. The summed E-state index contributed by atoms with van der Waals surface area (Å²) < 4.78 is 0. The Kier molecular flexibility index (Phi) is 3.33. The third kappa shape index (κ3) is 1.92. The number of aromatic nitrogens is 1. The minimum Gasteiger partial charge on any atom is -0.356 e. The topological polar surface area (TPSA) is 36.1 Å². The lowest BCUT2D eigenvalue weighted by Crippen LogP contribution is -2.48. The van der Waals surface area contributed by atoms with Crippen LogP contribution in [0.2, 0.25) is 0 Å². The first-order valence-corrected chi connectivity index (χ1v) is 8.79. The standard InChI is InChI=1S/C20H24N2O/c1-3-4-12-22-18(23)13-14(2)20(22)11-7-9-16-15-8-5-6-10-17(15)21-19(16)20/h5-6,8,10,13,21H,3-4,7,9,11-12H2,1-2H3/t20-/m1/s1. The molecule has 1 aromatic heterocycles. The van der Waals surface area contributed by atoms with Crippen LogP contribution in [0.1, 0.15) is 50.8 Å².